The van der Waals surface area contributed by atoms with Gasteiger partial charge in [0.15, 0.2) is 0 Å². The van der Waals surface area contributed by atoms with Gasteiger partial charge in [0.2, 0.25) is 5.91 Å². The highest BCUT2D eigenvalue weighted by Gasteiger charge is 2.13. The molecule has 0 bridgehead atoms. The summed E-state index contributed by atoms with van der Waals surface area (Å²) in [5, 5.41) is 3.51. The molecule has 4 heteroatoms. The molecular formula is C15H22N2O2. The molecule has 0 aliphatic carbocycles. The number of nitrogens with one attached hydrogen (secondary N) is 1. The molecule has 104 valence electrons. The van der Waals surface area contributed by atoms with Gasteiger partial charge in [-0.1, -0.05) is 12.1 Å². The number of carbonyl (C=O) groups excluding carboxylic acids is 1. The third-order valence-corrected chi connectivity index (χ3v) is 3.40. The molecule has 0 aromatic heterocycles. The molecule has 1 fully saturated rings. The van der Waals surface area contributed by atoms with Gasteiger partial charge in [-0.3, -0.25) is 4.79 Å². The van der Waals surface area contributed by atoms with Gasteiger partial charge in [0, 0.05) is 39.0 Å². The van der Waals surface area contributed by atoms with E-state index in [4.69, 9.17) is 4.74 Å². The van der Waals surface area contributed by atoms with E-state index in [1.807, 2.05) is 24.3 Å². The average Bonchev–Trinajstić information content (AvgIpc) is 2.42. The number of anilines is 1. The van der Waals surface area contributed by atoms with E-state index in [0.717, 1.165) is 37.3 Å². The summed E-state index contributed by atoms with van der Waals surface area (Å²) in [5.74, 6) is 0.130. The van der Waals surface area contributed by atoms with Crippen molar-refractivity contribution >= 4 is 11.6 Å². The van der Waals surface area contributed by atoms with E-state index in [0.29, 0.717) is 12.5 Å². The van der Waals surface area contributed by atoms with Crippen molar-refractivity contribution in [3.8, 4) is 0 Å². The Morgan fingerprint density at radius 2 is 1.89 bits per heavy atom. The van der Waals surface area contributed by atoms with Gasteiger partial charge in [-0.15, -0.1) is 0 Å². The molecule has 0 atom stereocenters. The number of hydrogen-bond donors (Lipinski definition) is 1. The second-order valence-electron chi connectivity index (χ2n) is 5.19. The largest absolute Gasteiger partial charge is 0.382 e. The van der Waals surface area contributed by atoms with E-state index in [2.05, 4.69) is 5.32 Å². The number of amides is 1. The summed E-state index contributed by atoms with van der Waals surface area (Å²) in [6.07, 6.45) is 2.58. The van der Waals surface area contributed by atoms with Crippen LogP contribution in [0.3, 0.4) is 0 Å². The van der Waals surface area contributed by atoms with Crippen LogP contribution in [0.5, 0.6) is 0 Å². The summed E-state index contributed by atoms with van der Waals surface area (Å²) in [4.78, 5) is 13.2. The highest BCUT2D eigenvalue weighted by molar-refractivity contribution is 5.78. The highest BCUT2D eigenvalue weighted by Crippen LogP contribution is 2.16. The van der Waals surface area contributed by atoms with Crippen LogP contribution in [0.15, 0.2) is 24.3 Å². The second-order valence-corrected chi connectivity index (χ2v) is 5.19. The topological polar surface area (TPSA) is 41.6 Å². The number of benzene rings is 1. The molecule has 1 aromatic rings. The van der Waals surface area contributed by atoms with E-state index < -0.39 is 0 Å². The summed E-state index contributed by atoms with van der Waals surface area (Å²) >= 11 is 0. The predicted molar refractivity (Wildman–Crippen MR) is 76.3 cm³/mol. The lowest BCUT2D eigenvalue weighted by atomic mass is 10.1. The van der Waals surface area contributed by atoms with Crippen LogP contribution < -0.4 is 5.32 Å². The molecule has 1 saturated heterocycles. The molecule has 4 nitrogen and oxygen atoms in total. The van der Waals surface area contributed by atoms with E-state index in [-0.39, 0.29) is 5.91 Å². The van der Waals surface area contributed by atoms with E-state index in [1.165, 1.54) is 0 Å². The van der Waals surface area contributed by atoms with Crippen LogP contribution in [0.4, 0.5) is 5.69 Å². The zero-order valence-corrected chi connectivity index (χ0v) is 11.7. The van der Waals surface area contributed by atoms with Gasteiger partial charge in [0.05, 0.1) is 6.42 Å². The fourth-order valence-corrected chi connectivity index (χ4v) is 2.13. The minimum absolute atomic E-state index is 0.130. The standard InChI is InChI=1S/C15H22N2O2/c1-17(2)15(18)11-12-3-5-13(6-4-12)16-14-7-9-19-10-8-14/h3-6,14,16H,7-11H2,1-2H3. The van der Waals surface area contributed by atoms with Crippen molar-refractivity contribution in [2.24, 2.45) is 0 Å². The van der Waals surface area contributed by atoms with Gasteiger partial charge in [-0.25, -0.2) is 0 Å². The zero-order chi connectivity index (χ0) is 13.7. The van der Waals surface area contributed by atoms with Crippen LogP contribution in [-0.2, 0) is 16.0 Å². The van der Waals surface area contributed by atoms with Crippen LogP contribution in [0.2, 0.25) is 0 Å². The van der Waals surface area contributed by atoms with Gasteiger partial charge in [0.1, 0.15) is 0 Å². The molecular weight excluding hydrogens is 240 g/mol. The predicted octanol–water partition coefficient (Wildman–Crippen LogP) is 1.91. The molecule has 1 aliphatic heterocycles. The summed E-state index contributed by atoms with van der Waals surface area (Å²) < 4.78 is 5.34. The molecule has 2 rings (SSSR count). The summed E-state index contributed by atoms with van der Waals surface area (Å²) in [5.41, 5.74) is 2.17. The quantitative estimate of drug-likeness (QED) is 0.901. The van der Waals surface area contributed by atoms with Crippen molar-refractivity contribution in [3.05, 3.63) is 29.8 Å². The maximum Gasteiger partial charge on any atom is 0.226 e. The number of likely N-dealkylation sites (N-methyl/N-ethyl adjacent to an activating group) is 1. The van der Waals surface area contributed by atoms with Crippen molar-refractivity contribution in [2.45, 2.75) is 25.3 Å². The van der Waals surface area contributed by atoms with Crippen molar-refractivity contribution in [3.63, 3.8) is 0 Å². The molecule has 0 spiro atoms. The molecule has 0 radical (unpaired) electrons. The first-order valence-electron chi connectivity index (χ1n) is 6.78. The first kappa shape index (κ1) is 13.9. The van der Waals surface area contributed by atoms with Crippen molar-refractivity contribution < 1.29 is 9.53 Å². The van der Waals surface area contributed by atoms with E-state index in [9.17, 15) is 4.79 Å². The maximum atomic E-state index is 11.6. The van der Waals surface area contributed by atoms with Crippen LogP contribution in [0.25, 0.3) is 0 Å². The molecule has 19 heavy (non-hydrogen) atoms. The fraction of sp³-hybridized carbons (Fsp3) is 0.533. The summed E-state index contributed by atoms with van der Waals surface area (Å²) in [6, 6.07) is 8.64. The SMILES string of the molecule is CN(C)C(=O)Cc1ccc(NC2CCOCC2)cc1. The van der Waals surface area contributed by atoms with Gasteiger partial charge in [0.25, 0.3) is 0 Å². The lowest BCUT2D eigenvalue weighted by Gasteiger charge is -2.24. The first-order chi connectivity index (χ1) is 9.15. The Hall–Kier alpha value is -1.55. The van der Waals surface area contributed by atoms with Crippen molar-refractivity contribution in [1.82, 2.24) is 4.90 Å². The normalized spacial score (nSPS) is 16.1. The Kier molecular flexibility index (Phi) is 4.80. The van der Waals surface area contributed by atoms with Crippen molar-refractivity contribution in [1.29, 1.82) is 0 Å². The number of hydrogen-bond acceptors (Lipinski definition) is 3. The number of rotatable bonds is 4. The van der Waals surface area contributed by atoms with Gasteiger partial charge in [-0.05, 0) is 30.5 Å². The minimum Gasteiger partial charge on any atom is -0.382 e. The second kappa shape index (κ2) is 6.57. The number of ether oxygens (including phenoxy) is 1. The number of nitrogens with zero attached hydrogens (tertiary/aromatic N) is 1. The Morgan fingerprint density at radius 1 is 1.26 bits per heavy atom. The summed E-state index contributed by atoms with van der Waals surface area (Å²) in [7, 11) is 3.56. The smallest absolute Gasteiger partial charge is 0.226 e. The Balaban J connectivity index is 1.88. The Bertz CT molecular complexity index is 409. The van der Waals surface area contributed by atoms with Crippen LogP contribution >= 0.6 is 0 Å². The van der Waals surface area contributed by atoms with Crippen LogP contribution in [0.1, 0.15) is 18.4 Å². The van der Waals surface area contributed by atoms with Gasteiger partial charge < -0.3 is 15.0 Å². The Morgan fingerprint density at radius 3 is 2.47 bits per heavy atom. The lowest BCUT2D eigenvalue weighted by Crippen LogP contribution is -2.27. The Labute approximate surface area is 114 Å². The molecule has 0 saturated carbocycles. The third kappa shape index (κ3) is 4.24. The molecule has 0 unspecified atom stereocenters. The fourth-order valence-electron chi connectivity index (χ4n) is 2.13. The highest BCUT2D eigenvalue weighted by atomic mass is 16.5. The van der Waals surface area contributed by atoms with Crippen LogP contribution in [-0.4, -0.2) is 44.2 Å². The average molecular weight is 262 g/mol. The zero-order valence-electron chi connectivity index (χ0n) is 11.7. The molecule has 1 aliphatic rings. The maximum absolute atomic E-state index is 11.6. The summed E-state index contributed by atoms with van der Waals surface area (Å²) in [6.45, 7) is 1.68. The van der Waals surface area contributed by atoms with Gasteiger partial charge in [-0.2, -0.15) is 0 Å². The van der Waals surface area contributed by atoms with E-state index >= 15 is 0 Å². The molecule has 1 amide bonds. The lowest BCUT2D eigenvalue weighted by molar-refractivity contribution is -0.127. The monoisotopic (exact) mass is 262 g/mol. The van der Waals surface area contributed by atoms with Crippen LogP contribution in [0, 0.1) is 0 Å². The molecule has 1 N–H and O–H groups in total. The first-order valence-corrected chi connectivity index (χ1v) is 6.78. The third-order valence-electron chi connectivity index (χ3n) is 3.40. The number of carbonyl (C=O) groups is 1. The van der Waals surface area contributed by atoms with E-state index in [1.54, 1.807) is 19.0 Å². The van der Waals surface area contributed by atoms with Crippen molar-refractivity contribution in [2.75, 3.05) is 32.6 Å². The molecule has 1 heterocycles. The minimum atomic E-state index is 0.130. The van der Waals surface area contributed by atoms with Gasteiger partial charge >= 0.3 is 0 Å². The molecule has 1 aromatic carbocycles.